The lowest BCUT2D eigenvalue weighted by Crippen LogP contribution is -2.62. The Hall–Kier alpha value is -2.44. The number of hydrogen-bond acceptors (Lipinski definition) is 6. The number of hydrogen-bond donors (Lipinski definition) is 0. The second-order valence-electron chi connectivity index (χ2n) is 5.22. The Kier molecular flexibility index (Phi) is 11.5. The summed E-state index contributed by atoms with van der Waals surface area (Å²) in [5, 5.41) is 0. The van der Waals surface area contributed by atoms with E-state index in [1.165, 1.54) is 0 Å². The van der Waals surface area contributed by atoms with Crippen LogP contribution in [0.2, 0.25) is 0 Å². The Morgan fingerprint density at radius 2 is 1.07 bits per heavy atom. The molecule has 27 heavy (non-hydrogen) atoms. The van der Waals surface area contributed by atoms with Crippen LogP contribution in [0.1, 0.15) is 0 Å². The Balaban J connectivity index is 3.10. The van der Waals surface area contributed by atoms with E-state index in [1.54, 1.807) is 0 Å². The summed E-state index contributed by atoms with van der Waals surface area (Å²) in [6, 6.07) is 0. The Morgan fingerprint density at radius 3 is 1.63 bits per heavy atom. The summed E-state index contributed by atoms with van der Waals surface area (Å²) in [7, 11) is 0. The molecule has 0 aromatic rings. The van der Waals surface area contributed by atoms with Crippen molar-refractivity contribution in [2.24, 2.45) is 0 Å². The summed E-state index contributed by atoms with van der Waals surface area (Å²) in [6.07, 6.45) is 22.9. The van der Waals surface area contributed by atoms with Crippen molar-refractivity contribution in [2.45, 2.75) is 30.7 Å². The monoisotopic (exact) mass is 370 g/mol. The van der Waals surface area contributed by atoms with Gasteiger partial charge >= 0.3 is 0 Å². The predicted octanol–water partition coefficient (Wildman–Crippen LogP) is 0.0661. The van der Waals surface area contributed by atoms with Gasteiger partial charge in [0.25, 0.3) is 0 Å². The van der Waals surface area contributed by atoms with Gasteiger partial charge < -0.3 is 28.4 Å². The summed E-state index contributed by atoms with van der Waals surface area (Å²) < 4.78 is 34.1. The van der Waals surface area contributed by atoms with Crippen molar-refractivity contribution in [1.29, 1.82) is 0 Å². The summed E-state index contributed by atoms with van der Waals surface area (Å²) in [5.41, 5.74) is 0. The van der Waals surface area contributed by atoms with Gasteiger partial charge in [0, 0.05) is 0 Å². The molecule has 0 aromatic heterocycles. The summed E-state index contributed by atoms with van der Waals surface area (Å²) >= 11 is 0. The molecule has 5 unspecified atom stereocenters. The van der Waals surface area contributed by atoms with Crippen LogP contribution >= 0.6 is 0 Å². The molecule has 6 nitrogen and oxygen atoms in total. The van der Waals surface area contributed by atoms with Gasteiger partial charge in [-0.25, -0.2) is 0 Å². The quantitative estimate of drug-likeness (QED) is 0.379. The molecule has 5 atom stereocenters. The average Bonchev–Trinajstić information content (AvgIpc) is 2.68. The highest BCUT2D eigenvalue weighted by Gasteiger charge is 2.48. The molecular formula is C21H22O6. The van der Waals surface area contributed by atoms with Crippen molar-refractivity contribution < 1.29 is 28.4 Å². The molecule has 0 radical (unpaired) electrons. The van der Waals surface area contributed by atoms with Crippen molar-refractivity contribution >= 4 is 0 Å². The molecule has 0 saturated carbocycles. The highest BCUT2D eigenvalue weighted by molar-refractivity contribution is 4.98. The third kappa shape index (κ3) is 7.37. The van der Waals surface area contributed by atoms with E-state index in [4.69, 9.17) is 60.5 Å². The Morgan fingerprint density at radius 1 is 0.593 bits per heavy atom. The maximum Gasteiger partial charge on any atom is 0.188 e. The largest absolute Gasteiger partial charge is 0.366 e. The fourth-order valence-corrected chi connectivity index (χ4v) is 2.51. The first-order chi connectivity index (χ1) is 13.2. The fourth-order valence-electron chi connectivity index (χ4n) is 2.51. The third-order valence-electron chi connectivity index (χ3n) is 3.47. The summed E-state index contributed by atoms with van der Waals surface area (Å²) in [4.78, 5) is 0. The average molecular weight is 370 g/mol. The van der Waals surface area contributed by atoms with Gasteiger partial charge in [-0.2, -0.15) is 0 Å². The van der Waals surface area contributed by atoms with E-state index < -0.39 is 30.7 Å². The van der Waals surface area contributed by atoms with E-state index >= 15 is 0 Å². The SMILES string of the molecule is C#CCOCC1OC(OCC#C)C(OCC#C)C(OCC#C)C1OCC#C. The Bertz CT molecular complexity index is 638. The molecule has 0 spiro atoms. The molecule has 0 N–H and O–H groups in total. The van der Waals surface area contributed by atoms with Gasteiger partial charge in [0.15, 0.2) is 6.29 Å². The Labute approximate surface area is 161 Å². The van der Waals surface area contributed by atoms with Gasteiger partial charge in [0.2, 0.25) is 0 Å². The molecule has 6 heteroatoms. The van der Waals surface area contributed by atoms with Crippen LogP contribution in [0.3, 0.4) is 0 Å². The van der Waals surface area contributed by atoms with Gasteiger partial charge in [0.05, 0.1) is 6.61 Å². The molecule has 1 rings (SSSR count). The molecule has 0 aromatic carbocycles. The van der Waals surface area contributed by atoms with Gasteiger partial charge in [-0.05, 0) is 0 Å². The lowest BCUT2D eigenvalue weighted by Gasteiger charge is -2.45. The molecule has 0 aliphatic carbocycles. The van der Waals surface area contributed by atoms with Gasteiger partial charge in [-0.15, -0.1) is 32.1 Å². The first-order valence-corrected chi connectivity index (χ1v) is 8.10. The second-order valence-corrected chi connectivity index (χ2v) is 5.22. The molecule has 1 fully saturated rings. The van der Waals surface area contributed by atoms with Crippen molar-refractivity contribution in [1.82, 2.24) is 0 Å². The lowest BCUT2D eigenvalue weighted by atomic mass is 9.98. The summed E-state index contributed by atoms with van der Waals surface area (Å²) in [6.45, 7) is 0.247. The highest BCUT2D eigenvalue weighted by Crippen LogP contribution is 2.29. The molecule has 142 valence electrons. The molecule has 0 bridgehead atoms. The predicted molar refractivity (Wildman–Crippen MR) is 98.8 cm³/mol. The van der Waals surface area contributed by atoms with Crippen molar-refractivity contribution in [3.05, 3.63) is 0 Å². The zero-order chi connectivity index (χ0) is 19.9. The molecule has 1 aliphatic rings. The van der Waals surface area contributed by atoms with Crippen LogP contribution in [-0.2, 0) is 28.4 Å². The zero-order valence-electron chi connectivity index (χ0n) is 15.0. The summed E-state index contributed by atoms with van der Waals surface area (Å²) in [5.74, 6) is 12.0. The number of terminal acetylenes is 5. The molecular weight excluding hydrogens is 348 g/mol. The minimum Gasteiger partial charge on any atom is -0.366 e. The number of rotatable bonds is 11. The van der Waals surface area contributed by atoms with Crippen molar-refractivity contribution in [3.8, 4) is 61.7 Å². The van der Waals surface area contributed by atoms with Crippen LogP contribution in [-0.4, -0.2) is 70.3 Å². The van der Waals surface area contributed by atoms with E-state index in [9.17, 15) is 0 Å². The maximum absolute atomic E-state index is 5.93. The van der Waals surface area contributed by atoms with Crippen LogP contribution in [0.25, 0.3) is 0 Å². The van der Waals surface area contributed by atoms with E-state index in [1.807, 2.05) is 0 Å². The van der Waals surface area contributed by atoms with Crippen LogP contribution < -0.4 is 0 Å². The highest BCUT2D eigenvalue weighted by atomic mass is 16.7. The van der Waals surface area contributed by atoms with Crippen LogP contribution in [0.5, 0.6) is 0 Å². The minimum absolute atomic E-state index is 0.0000269. The van der Waals surface area contributed by atoms with Crippen molar-refractivity contribution in [2.75, 3.05) is 39.6 Å². The third-order valence-corrected chi connectivity index (χ3v) is 3.47. The zero-order valence-corrected chi connectivity index (χ0v) is 15.0. The number of ether oxygens (including phenoxy) is 6. The standard InChI is InChI=1S/C21H22O6/c1-6-11-22-16-17-18(23-12-7-2)19(24-13-8-3)20(25-14-9-4)21(27-17)26-15-10-5/h1-5,17-21H,11-16H2. The molecule has 1 saturated heterocycles. The first-order valence-electron chi connectivity index (χ1n) is 8.10. The lowest BCUT2D eigenvalue weighted by molar-refractivity contribution is -0.316. The van der Waals surface area contributed by atoms with Crippen LogP contribution in [0.4, 0.5) is 0 Å². The molecule has 0 amide bonds. The second kappa shape index (κ2) is 13.7. The fraction of sp³-hybridized carbons (Fsp3) is 0.524. The van der Waals surface area contributed by atoms with Crippen LogP contribution in [0.15, 0.2) is 0 Å². The topological polar surface area (TPSA) is 55.4 Å². The van der Waals surface area contributed by atoms with Gasteiger partial charge in [-0.3, -0.25) is 0 Å². The maximum atomic E-state index is 5.93. The van der Waals surface area contributed by atoms with E-state index in [0.29, 0.717) is 0 Å². The van der Waals surface area contributed by atoms with E-state index in [2.05, 4.69) is 29.6 Å². The molecule has 1 heterocycles. The normalized spacial score (nSPS) is 26.7. The van der Waals surface area contributed by atoms with Crippen LogP contribution in [0, 0.1) is 61.7 Å². The first kappa shape index (κ1) is 22.6. The minimum atomic E-state index is -0.873. The smallest absolute Gasteiger partial charge is 0.188 e. The van der Waals surface area contributed by atoms with Gasteiger partial charge in [-0.1, -0.05) is 29.6 Å². The molecule has 1 aliphatic heterocycles. The van der Waals surface area contributed by atoms with Crippen molar-refractivity contribution in [3.63, 3.8) is 0 Å². The van der Waals surface area contributed by atoms with E-state index in [-0.39, 0.29) is 39.6 Å². The van der Waals surface area contributed by atoms with Gasteiger partial charge in [0.1, 0.15) is 57.5 Å². The van der Waals surface area contributed by atoms with E-state index in [0.717, 1.165) is 0 Å².